The van der Waals surface area contributed by atoms with Crippen LogP contribution < -0.4 is 10.2 Å². The minimum absolute atomic E-state index is 0.129. The van der Waals surface area contributed by atoms with Gasteiger partial charge in [-0.2, -0.15) is 5.10 Å². The molecule has 110 valence electrons. The highest BCUT2D eigenvalue weighted by molar-refractivity contribution is 6.31. The molecule has 0 atom stereocenters. The Bertz CT molecular complexity index is 665. The average molecular weight is 307 g/mol. The van der Waals surface area contributed by atoms with E-state index in [1.165, 1.54) is 6.21 Å². The molecule has 2 rings (SSSR count). The molecule has 0 unspecified atom stereocenters. The lowest BCUT2D eigenvalue weighted by Crippen LogP contribution is -2.24. The van der Waals surface area contributed by atoms with Gasteiger partial charge in [-0.3, -0.25) is 4.79 Å². The standard InChI is InChI=1S/C15H15ClN2O3/c1-10-7-12(5-6-14(10)16)20-9-15(19)18-17-8-13-4-3-11(2)21-13/h3-8H,9H2,1-2H3,(H,18,19)/b17-8-. The highest BCUT2D eigenvalue weighted by atomic mass is 35.5. The van der Waals surface area contributed by atoms with Crippen molar-refractivity contribution in [2.45, 2.75) is 13.8 Å². The van der Waals surface area contributed by atoms with Crippen molar-refractivity contribution in [3.63, 3.8) is 0 Å². The number of nitrogens with zero attached hydrogens (tertiary/aromatic N) is 1. The van der Waals surface area contributed by atoms with Gasteiger partial charge in [0.1, 0.15) is 17.3 Å². The molecule has 1 aromatic carbocycles. The summed E-state index contributed by atoms with van der Waals surface area (Å²) in [6.45, 7) is 3.57. The predicted molar refractivity (Wildman–Crippen MR) is 80.9 cm³/mol. The van der Waals surface area contributed by atoms with Gasteiger partial charge in [0.2, 0.25) is 0 Å². The van der Waals surface area contributed by atoms with Gasteiger partial charge in [0.05, 0.1) is 6.21 Å². The number of hydrazone groups is 1. The number of carbonyl (C=O) groups excluding carboxylic acids is 1. The summed E-state index contributed by atoms with van der Waals surface area (Å²) in [7, 11) is 0. The van der Waals surface area contributed by atoms with Gasteiger partial charge in [-0.25, -0.2) is 5.43 Å². The average Bonchev–Trinajstić information content (AvgIpc) is 2.86. The number of halogens is 1. The van der Waals surface area contributed by atoms with Gasteiger partial charge >= 0.3 is 0 Å². The summed E-state index contributed by atoms with van der Waals surface area (Å²) in [5.41, 5.74) is 3.25. The molecular weight excluding hydrogens is 292 g/mol. The molecule has 6 heteroatoms. The summed E-state index contributed by atoms with van der Waals surface area (Å²) >= 11 is 5.91. The predicted octanol–water partition coefficient (Wildman–Crippen LogP) is 3.08. The van der Waals surface area contributed by atoms with Crippen LogP contribution in [-0.2, 0) is 4.79 Å². The molecule has 0 aliphatic rings. The van der Waals surface area contributed by atoms with Gasteiger partial charge in [0, 0.05) is 5.02 Å². The Morgan fingerprint density at radius 2 is 2.19 bits per heavy atom. The number of rotatable bonds is 5. The number of ether oxygens (including phenoxy) is 1. The Hall–Kier alpha value is -2.27. The van der Waals surface area contributed by atoms with E-state index in [4.69, 9.17) is 20.8 Å². The number of benzene rings is 1. The third-order valence-corrected chi connectivity index (χ3v) is 3.07. The molecule has 2 aromatic rings. The van der Waals surface area contributed by atoms with E-state index < -0.39 is 0 Å². The maximum absolute atomic E-state index is 11.6. The number of aryl methyl sites for hydroxylation is 2. The second-order valence-electron chi connectivity index (χ2n) is 4.44. The van der Waals surface area contributed by atoms with Crippen LogP contribution in [0.25, 0.3) is 0 Å². The lowest BCUT2D eigenvalue weighted by atomic mass is 10.2. The molecule has 1 aromatic heterocycles. The van der Waals surface area contributed by atoms with Crippen LogP contribution in [0.4, 0.5) is 0 Å². The van der Waals surface area contributed by atoms with Gasteiger partial charge in [0.25, 0.3) is 5.91 Å². The normalized spacial score (nSPS) is 10.8. The molecule has 0 aliphatic heterocycles. The lowest BCUT2D eigenvalue weighted by Gasteiger charge is -2.06. The van der Waals surface area contributed by atoms with Crippen LogP contribution in [0.3, 0.4) is 0 Å². The van der Waals surface area contributed by atoms with E-state index in [2.05, 4.69) is 10.5 Å². The van der Waals surface area contributed by atoms with Crippen LogP contribution in [0.15, 0.2) is 39.9 Å². The molecule has 0 aliphatic carbocycles. The molecule has 0 radical (unpaired) electrons. The summed E-state index contributed by atoms with van der Waals surface area (Å²) in [6, 6.07) is 8.77. The summed E-state index contributed by atoms with van der Waals surface area (Å²) < 4.78 is 10.6. The molecule has 5 nitrogen and oxygen atoms in total. The topological polar surface area (TPSA) is 63.8 Å². The first kappa shape index (κ1) is 15.1. The van der Waals surface area contributed by atoms with Crippen LogP contribution in [0, 0.1) is 13.8 Å². The largest absolute Gasteiger partial charge is 0.484 e. The summed E-state index contributed by atoms with van der Waals surface area (Å²) in [5, 5.41) is 4.44. The van der Waals surface area contributed by atoms with Crippen LogP contribution in [0.1, 0.15) is 17.1 Å². The van der Waals surface area contributed by atoms with Crippen molar-refractivity contribution < 1.29 is 13.9 Å². The van der Waals surface area contributed by atoms with E-state index in [0.717, 1.165) is 11.3 Å². The highest BCUT2D eigenvalue weighted by Crippen LogP contribution is 2.20. The fourth-order valence-corrected chi connectivity index (χ4v) is 1.70. The van der Waals surface area contributed by atoms with Crippen molar-refractivity contribution in [1.29, 1.82) is 0 Å². The zero-order valence-corrected chi connectivity index (χ0v) is 12.5. The maximum Gasteiger partial charge on any atom is 0.277 e. The first-order valence-electron chi connectivity index (χ1n) is 6.32. The van der Waals surface area contributed by atoms with Crippen molar-refractivity contribution >= 4 is 23.7 Å². The molecular formula is C15H15ClN2O3. The smallest absolute Gasteiger partial charge is 0.277 e. The van der Waals surface area contributed by atoms with Crippen molar-refractivity contribution in [3.8, 4) is 5.75 Å². The molecule has 0 saturated heterocycles. The van der Waals surface area contributed by atoms with E-state index in [9.17, 15) is 4.79 Å². The maximum atomic E-state index is 11.6. The van der Waals surface area contributed by atoms with Crippen molar-refractivity contribution in [3.05, 3.63) is 52.4 Å². The van der Waals surface area contributed by atoms with Gasteiger partial charge in [-0.05, 0) is 49.7 Å². The fraction of sp³-hybridized carbons (Fsp3) is 0.200. The second kappa shape index (κ2) is 6.95. The van der Waals surface area contributed by atoms with Crippen LogP contribution >= 0.6 is 11.6 Å². The Morgan fingerprint density at radius 3 is 2.86 bits per heavy atom. The van der Waals surface area contributed by atoms with E-state index in [1.54, 1.807) is 24.3 Å². The molecule has 1 N–H and O–H groups in total. The summed E-state index contributed by atoms with van der Waals surface area (Å²) in [4.78, 5) is 11.6. The third-order valence-electron chi connectivity index (χ3n) is 2.64. The van der Waals surface area contributed by atoms with Crippen molar-refractivity contribution in [2.75, 3.05) is 6.61 Å². The fourth-order valence-electron chi connectivity index (χ4n) is 1.58. The van der Waals surface area contributed by atoms with Crippen molar-refractivity contribution in [2.24, 2.45) is 5.10 Å². The molecule has 1 heterocycles. The van der Waals surface area contributed by atoms with E-state index in [-0.39, 0.29) is 12.5 Å². The summed E-state index contributed by atoms with van der Waals surface area (Å²) in [5.74, 6) is 1.58. The van der Waals surface area contributed by atoms with Crippen molar-refractivity contribution in [1.82, 2.24) is 5.43 Å². The zero-order chi connectivity index (χ0) is 15.2. The Kier molecular flexibility index (Phi) is 5.00. The molecule has 0 bridgehead atoms. The number of hydrogen-bond acceptors (Lipinski definition) is 4. The molecule has 21 heavy (non-hydrogen) atoms. The molecule has 0 spiro atoms. The number of nitrogens with one attached hydrogen (secondary N) is 1. The minimum Gasteiger partial charge on any atom is -0.484 e. The molecule has 1 amide bonds. The Labute approximate surface area is 127 Å². The number of amides is 1. The first-order chi connectivity index (χ1) is 10.0. The quantitative estimate of drug-likeness (QED) is 0.682. The number of hydrogen-bond donors (Lipinski definition) is 1. The third kappa shape index (κ3) is 4.65. The van der Waals surface area contributed by atoms with Gasteiger partial charge in [-0.15, -0.1) is 0 Å². The van der Waals surface area contributed by atoms with Crippen LogP contribution in [-0.4, -0.2) is 18.7 Å². The van der Waals surface area contributed by atoms with E-state index in [1.807, 2.05) is 19.9 Å². The van der Waals surface area contributed by atoms with E-state index >= 15 is 0 Å². The highest BCUT2D eigenvalue weighted by Gasteiger charge is 2.03. The number of furan rings is 1. The molecule has 0 fully saturated rings. The van der Waals surface area contributed by atoms with Gasteiger partial charge < -0.3 is 9.15 Å². The molecule has 0 saturated carbocycles. The van der Waals surface area contributed by atoms with Crippen LogP contribution in [0.5, 0.6) is 5.75 Å². The van der Waals surface area contributed by atoms with Crippen LogP contribution in [0.2, 0.25) is 5.02 Å². The van der Waals surface area contributed by atoms with Gasteiger partial charge in [0.15, 0.2) is 6.61 Å². The summed E-state index contributed by atoms with van der Waals surface area (Å²) in [6.07, 6.45) is 1.43. The first-order valence-corrected chi connectivity index (χ1v) is 6.69. The SMILES string of the molecule is Cc1ccc(/C=N\NC(=O)COc2ccc(Cl)c(C)c2)o1. The van der Waals surface area contributed by atoms with Gasteiger partial charge in [-0.1, -0.05) is 11.6 Å². The lowest BCUT2D eigenvalue weighted by molar-refractivity contribution is -0.123. The van der Waals surface area contributed by atoms with E-state index in [0.29, 0.717) is 16.5 Å². The Morgan fingerprint density at radius 1 is 1.38 bits per heavy atom. The Balaban J connectivity index is 1.79. The number of carbonyl (C=O) groups is 1. The zero-order valence-electron chi connectivity index (χ0n) is 11.7. The second-order valence-corrected chi connectivity index (χ2v) is 4.85. The monoisotopic (exact) mass is 306 g/mol. The minimum atomic E-state index is -0.359.